The number of nitro groups is 1. The van der Waals surface area contributed by atoms with E-state index in [1.54, 1.807) is 6.07 Å². The second kappa shape index (κ2) is 5.22. The summed E-state index contributed by atoms with van der Waals surface area (Å²) < 4.78 is 4.43. The van der Waals surface area contributed by atoms with E-state index in [9.17, 15) is 14.9 Å². The van der Waals surface area contributed by atoms with Gasteiger partial charge in [-0.2, -0.15) is 0 Å². The third-order valence-electron chi connectivity index (χ3n) is 2.06. The molecule has 0 radical (unpaired) electrons. The average molecular weight is 225 g/mol. The lowest BCUT2D eigenvalue weighted by atomic mass is 10.1. The lowest BCUT2D eigenvalue weighted by molar-refractivity contribution is -0.385. The van der Waals surface area contributed by atoms with E-state index in [1.807, 2.05) is 0 Å². The highest BCUT2D eigenvalue weighted by atomic mass is 16.6. The zero-order chi connectivity index (χ0) is 12.1. The van der Waals surface area contributed by atoms with E-state index in [4.69, 9.17) is 5.11 Å². The fourth-order valence-electron chi connectivity index (χ4n) is 1.30. The van der Waals surface area contributed by atoms with Crippen molar-refractivity contribution < 1.29 is 19.6 Å². The molecule has 0 saturated carbocycles. The first-order valence-corrected chi connectivity index (χ1v) is 4.56. The molecule has 0 atom stereocenters. The van der Waals surface area contributed by atoms with Crippen LogP contribution in [0.15, 0.2) is 18.2 Å². The summed E-state index contributed by atoms with van der Waals surface area (Å²) in [5.41, 5.74) is 0.203. The number of hydrogen-bond acceptors (Lipinski definition) is 5. The van der Waals surface area contributed by atoms with Crippen LogP contribution in [0.1, 0.15) is 15.9 Å². The summed E-state index contributed by atoms with van der Waals surface area (Å²) in [6.07, 6.45) is 0.308. The molecule has 0 aliphatic rings. The normalized spacial score (nSPS) is 9.88. The molecule has 86 valence electrons. The van der Waals surface area contributed by atoms with Gasteiger partial charge in [0.1, 0.15) is 5.56 Å². The molecule has 0 heterocycles. The molecular formula is C10H11NO5. The van der Waals surface area contributed by atoms with Crippen LogP contribution in [0.25, 0.3) is 0 Å². The maximum atomic E-state index is 11.2. The zero-order valence-corrected chi connectivity index (χ0v) is 8.67. The van der Waals surface area contributed by atoms with Crippen molar-refractivity contribution >= 4 is 11.7 Å². The number of nitro benzene ring substituents is 1. The van der Waals surface area contributed by atoms with E-state index in [0.29, 0.717) is 12.0 Å². The Labute approximate surface area is 91.6 Å². The number of nitrogens with zero attached hydrogens (tertiary/aromatic N) is 1. The Kier molecular flexibility index (Phi) is 3.96. The van der Waals surface area contributed by atoms with Gasteiger partial charge in [0.2, 0.25) is 0 Å². The number of hydrogen-bond donors (Lipinski definition) is 1. The molecule has 0 aromatic heterocycles. The third kappa shape index (κ3) is 2.54. The first-order valence-electron chi connectivity index (χ1n) is 4.56. The second-order valence-corrected chi connectivity index (χ2v) is 3.07. The summed E-state index contributed by atoms with van der Waals surface area (Å²) in [5, 5.41) is 19.4. The smallest absolute Gasteiger partial charge is 0.344 e. The van der Waals surface area contributed by atoms with Crippen molar-refractivity contribution in [2.24, 2.45) is 0 Å². The number of rotatable bonds is 4. The number of esters is 1. The summed E-state index contributed by atoms with van der Waals surface area (Å²) in [7, 11) is 1.16. The Bertz CT molecular complexity index is 416. The Hall–Kier alpha value is -1.95. The topological polar surface area (TPSA) is 89.7 Å². The van der Waals surface area contributed by atoms with E-state index in [1.165, 1.54) is 12.1 Å². The molecule has 6 nitrogen and oxygen atoms in total. The molecule has 0 aliphatic carbocycles. The van der Waals surface area contributed by atoms with Crippen LogP contribution in [0, 0.1) is 10.1 Å². The molecule has 0 unspecified atom stereocenters. The average Bonchev–Trinajstić information content (AvgIpc) is 2.28. The van der Waals surface area contributed by atoms with Crippen LogP contribution in [0.4, 0.5) is 5.69 Å². The van der Waals surface area contributed by atoms with Gasteiger partial charge in [0.25, 0.3) is 5.69 Å². The molecule has 0 amide bonds. The van der Waals surface area contributed by atoms with Crippen LogP contribution in [0.5, 0.6) is 0 Å². The summed E-state index contributed by atoms with van der Waals surface area (Å²) in [6, 6.07) is 4.15. The molecule has 0 bridgehead atoms. The highest BCUT2D eigenvalue weighted by Gasteiger charge is 2.20. The van der Waals surface area contributed by atoms with E-state index < -0.39 is 10.9 Å². The van der Waals surface area contributed by atoms with Gasteiger partial charge in [-0.25, -0.2) is 4.79 Å². The van der Waals surface area contributed by atoms with Gasteiger partial charge in [0.05, 0.1) is 12.0 Å². The lowest BCUT2D eigenvalue weighted by Gasteiger charge is -2.03. The zero-order valence-electron chi connectivity index (χ0n) is 8.67. The molecule has 0 saturated heterocycles. The van der Waals surface area contributed by atoms with Gasteiger partial charge in [0.15, 0.2) is 0 Å². The molecular weight excluding hydrogens is 214 g/mol. The van der Waals surface area contributed by atoms with Crippen molar-refractivity contribution in [2.45, 2.75) is 6.42 Å². The first-order chi connectivity index (χ1) is 7.60. The molecule has 16 heavy (non-hydrogen) atoms. The van der Waals surface area contributed by atoms with Crippen molar-refractivity contribution in [1.82, 2.24) is 0 Å². The van der Waals surface area contributed by atoms with Crippen molar-refractivity contribution in [3.63, 3.8) is 0 Å². The number of carbonyl (C=O) groups is 1. The fraction of sp³-hybridized carbons (Fsp3) is 0.300. The van der Waals surface area contributed by atoms with Crippen LogP contribution in [-0.2, 0) is 11.2 Å². The fourth-order valence-corrected chi connectivity index (χ4v) is 1.30. The van der Waals surface area contributed by atoms with Gasteiger partial charge < -0.3 is 9.84 Å². The Morgan fingerprint density at radius 1 is 1.56 bits per heavy atom. The highest BCUT2D eigenvalue weighted by molar-refractivity contribution is 5.93. The quantitative estimate of drug-likeness (QED) is 0.467. The SMILES string of the molecule is COC(=O)c1ccc(CCO)cc1[N+](=O)[O-]. The summed E-state index contributed by atoms with van der Waals surface area (Å²) >= 11 is 0. The number of carbonyl (C=O) groups excluding carboxylic acids is 1. The van der Waals surface area contributed by atoms with Crippen LogP contribution in [-0.4, -0.2) is 29.7 Å². The van der Waals surface area contributed by atoms with Crippen molar-refractivity contribution in [3.8, 4) is 0 Å². The van der Waals surface area contributed by atoms with Crippen LogP contribution < -0.4 is 0 Å². The van der Waals surface area contributed by atoms with Gasteiger partial charge >= 0.3 is 5.97 Å². The molecule has 1 N–H and O–H groups in total. The second-order valence-electron chi connectivity index (χ2n) is 3.07. The minimum Gasteiger partial charge on any atom is -0.465 e. The Balaban J connectivity index is 3.19. The molecule has 6 heteroatoms. The predicted octanol–water partition coefficient (Wildman–Crippen LogP) is 0.916. The molecule has 1 rings (SSSR count). The maximum Gasteiger partial charge on any atom is 0.344 e. The van der Waals surface area contributed by atoms with Gasteiger partial charge in [0, 0.05) is 12.7 Å². The van der Waals surface area contributed by atoms with Gasteiger partial charge in [-0.15, -0.1) is 0 Å². The molecule has 0 spiro atoms. The Morgan fingerprint density at radius 3 is 2.75 bits per heavy atom. The van der Waals surface area contributed by atoms with Crippen LogP contribution in [0.3, 0.4) is 0 Å². The van der Waals surface area contributed by atoms with E-state index in [2.05, 4.69) is 4.74 Å². The summed E-state index contributed by atoms with van der Waals surface area (Å²) in [6.45, 7) is -0.102. The number of aliphatic hydroxyl groups excluding tert-OH is 1. The largest absolute Gasteiger partial charge is 0.465 e. The lowest BCUT2D eigenvalue weighted by Crippen LogP contribution is -2.06. The van der Waals surface area contributed by atoms with Gasteiger partial charge in [-0.1, -0.05) is 6.07 Å². The monoisotopic (exact) mass is 225 g/mol. The molecule has 1 aromatic carbocycles. The third-order valence-corrected chi connectivity index (χ3v) is 2.06. The summed E-state index contributed by atoms with van der Waals surface area (Å²) in [5.74, 6) is -0.748. The van der Waals surface area contributed by atoms with Gasteiger partial charge in [-0.3, -0.25) is 10.1 Å². The molecule has 0 fully saturated rings. The van der Waals surface area contributed by atoms with Crippen molar-refractivity contribution in [3.05, 3.63) is 39.4 Å². The number of aliphatic hydroxyl groups is 1. The van der Waals surface area contributed by atoms with E-state index >= 15 is 0 Å². The van der Waals surface area contributed by atoms with Crippen molar-refractivity contribution in [1.29, 1.82) is 0 Å². The van der Waals surface area contributed by atoms with Crippen LogP contribution in [0.2, 0.25) is 0 Å². The highest BCUT2D eigenvalue weighted by Crippen LogP contribution is 2.21. The van der Waals surface area contributed by atoms with E-state index in [-0.39, 0.29) is 17.9 Å². The first kappa shape index (κ1) is 12.1. The Morgan fingerprint density at radius 2 is 2.25 bits per heavy atom. The number of ether oxygens (including phenoxy) is 1. The van der Waals surface area contributed by atoms with Crippen molar-refractivity contribution in [2.75, 3.05) is 13.7 Å². The molecule has 0 aliphatic heterocycles. The minimum atomic E-state index is -0.748. The summed E-state index contributed by atoms with van der Waals surface area (Å²) in [4.78, 5) is 21.3. The predicted molar refractivity (Wildman–Crippen MR) is 55.2 cm³/mol. The van der Waals surface area contributed by atoms with Crippen LogP contribution >= 0.6 is 0 Å². The minimum absolute atomic E-state index is 0.0887. The number of methoxy groups -OCH3 is 1. The maximum absolute atomic E-state index is 11.2. The van der Waals surface area contributed by atoms with Gasteiger partial charge in [-0.05, 0) is 18.1 Å². The standard InChI is InChI=1S/C10H11NO5/c1-16-10(13)8-3-2-7(4-5-12)6-9(8)11(14)15/h2-3,6,12H,4-5H2,1H3. The molecule has 1 aromatic rings. The number of benzene rings is 1. The van der Waals surface area contributed by atoms with E-state index in [0.717, 1.165) is 7.11 Å².